The Morgan fingerprint density at radius 1 is 0.240 bits per heavy atom. The molecule has 2 aliphatic rings. The molecule has 50 heavy (non-hydrogen) atoms. The van der Waals surface area contributed by atoms with E-state index in [2.05, 4.69) is 170 Å². The standard InChI is InChI=1S/C48H28S2/c1-3-7-33-25-35(15-13-29(33)5-1)31-9-11-32(12-10-31)37-17-19-39-41-21-22-42-40-20-18-38(36-16-14-30-6-2-4-8-34(30)26-36)28-46(40)50-44-24-23-43(47(41)48(42)44)49-45(39)27-37/h1-28H. The smallest absolute Gasteiger partial charge is 0.0208 e. The first-order valence-electron chi connectivity index (χ1n) is 17.1. The number of hydrogen-bond donors (Lipinski definition) is 0. The highest BCUT2D eigenvalue weighted by Gasteiger charge is 2.27. The zero-order chi connectivity index (χ0) is 32.8. The van der Waals surface area contributed by atoms with Crippen LogP contribution in [0, 0.1) is 0 Å². The second-order valence-corrected chi connectivity index (χ2v) is 15.5. The summed E-state index contributed by atoms with van der Waals surface area (Å²) in [6.07, 6.45) is 0. The van der Waals surface area contributed by atoms with Crippen molar-refractivity contribution in [1.29, 1.82) is 0 Å². The second-order valence-electron chi connectivity index (χ2n) is 13.3. The molecule has 0 unspecified atom stereocenters. The fourth-order valence-corrected chi connectivity index (χ4v) is 10.2. The molecule has 0 fully saturated rings. The number of hydrogen-bond acceptors (Lipinski definition) is 2. The summed E-state index contributed by atoms with van der Waals surface area (Å²) in [6, 6.07) is 63.1. The van der Waals surface area contributed by atoms with E-state index in [1.807, 2.05) is 23.5 Å². The van der Waals surface area contributed by atoms with Crippen molar-refractivity contribution in [2.24, 2.45) is 0 Å². The van der Waals surface area contributed by atoms with Crippen molar-refractivity contribution in [3.8, 4) is 55.6 Å². The molecule has 0 N–H and O–H groups in total. The number of rotatable bonds is 3. The molecule has 2 aliphatic heterocycles. The third kappa shape index (κ3) is 4.42. The van der Waals surface area contributed by atoms with Gasteiger partial charge in [-0.05, 0) is 114 Å². The molecular weight excluding hydrogens is 641 g/mol. The van der Waals surface area contributed by atoms with Crippen molar-refractivity contribution in [3.63, 3.8) is 0 Å². The van der Waals surface area contributed by atoms with Crippen LogP contribution < -0.4 is 0 Å². The minimum absolute atomic E-state index is 1.24. The molecule has 0 saturated carbocycles. The van der Waals surface area contributed by atoms with Crippen LogP contribution in [-0.2, 0) is 0 Å². The van der Waals surface area contributed by atoms with E-state index >= 15 is 0 Å². The van der Waals surface area contributed by atoms with Gasteiger partial charge in [0.05, 0.1) is 0 Å². The molecule has 0 aliphatic carbocycles. The molecule has 0 saturated heterocycles. The maximum Gasteiger partial charge on any atom is 0.0208 e. The Morgan fingerprint density at radius 3 is 1.10 bits per heavy atom. The van der Waals surface area contributed by atoms with Crippen LogP contribution in [0.15, 0.2) is 189 Å². The summed E-state index contributed by atoms with van der Waals surface area (Å²) in [5.74, 6) is 0. The first kappa shape index (κ1) is 28.3. The molecule has 0 spiro atoms. The van der Waals surface area contributed by atoms with Crippen LogP contribution >= 0.6 is 23.5 Å². The Kier molecular flexibility index (Phi) is 6.22. The third-order valence-corrected chi connectivity index (χ3v) is 12.7. The van der Waals surface area contributed by atoms with Gasteiger partial charge in [-0.25, -0.2) is 0 Å². The number of benzene rings is 9. The first-order chi connectivity index (χ1) is 24.7. The molecule has 2 heteroatoms. The monoisotopic (exact) mass is 668 g/mol. The van der Waals surface area contributed by atoms with Crippen LogP contribution in [0.3, 0.4) is 0 Å². The summed E-state index contributed by atoms with van der Waals surface area (Å²) in [5, 5.41) is 7.88. The van der Waals surface area contributed by atoms with Crippen LogP contribution in [0.4, 0.5) is 0 Å². The van der Waals surface area contributed by atoms with Crippen molar-refractivity contribution in [3.05, 3.63) is 170 Å². The molecule has 0 aromatic heterocycles. The molecule has 9 aromatic rings. The maximum absolute atomic E-state index is 2.38. The minimum Gasteiger partial charge on any atom is -0.0887 e. The zero-order valence-electron chi connectivity index (χ0n) is 27.0. The molecule has 2 heterocycles. The lowest BCUT2D eigenvalue weighted by Crippen LogP contribution is -1.99. The van der Waals surface area contributed by atoms with Crippen molar-refractivity contribution >= 4 is 55.8 Å². The van der Waals surface area contributed by atoms with Gasteiger partial charge in [-0.3, -0.25) is 0 Å². The Morgan fingerprint density at radius 2 is 0.600 bits per heavy atom. The predicted octanol–water partition coefficient (Wildman–Crippen LogP) is 14.4. The molecule has 0 atom stereocenters. The lowest BCUT2D eigenvalue weighted by molar-refractivity contribution is 1.34. The Bertz CT molecular complexity index is 2860. The summed E-state index contributed by atoms with van der Waals surface area (Å²) in [4.78, 5) is 5.33. The van der Waals surface area contributed by atoms with Crippen LogP contribution in [0.25, 0.3) is 88.0 Å². The van der Waals surface area contributed by atoms with E-state index < -0.39 is 0 Å². The molecule has 0 nitrogen and oxygen atoms in total. The van der Waals surface area contributed by atoms with Gasteiger partial charge in [0.25, 0.3) is 0 Å². The van der Waals surface area contributed by atoms with Crippen molar-refractivity contribution < 1.29 is 0 Å². The van der Waals surface area contributed by atoms with Gasteiger partial charge in [-0.15, -0.1) is 0 Å². The second kappa shape index (κ2) is 11.0. The van der Waals surface area contributed by atoms with E-state index in [0.717, 1.165) is 0 Å². The predicted molar refractivity (Wildman–Crippen MR) is 214 cm³/mol. The topological polar surface area (TPSA) is 0 Å². The van der Waals surface area contributed by atoms with E-state index in [1.54, 1.807) is 0 Å². The SMILES string of the molecule is c1ccc2cc(-c3ccc(-c4ccc5c(c4)Sc4ccc6c7c(ccc-5c47)-c4ccc(-c5ccc7ccccc7c5)cc4S6)cc3)ccc2c1. The molecular formula is C48H28S2. The highest BCUT2D eigenvalue weighted by atomic mass is 32.2. The van der Waals surface area contributed by atoms with E-state index in [0.29, 0.717) is 0 Å². The highest BCUT2D eigenvalue weighted by molar-refractivity contribution is 8.00. The van der Waals surface area contributed by atoms with Gasteiger partial charge < -0.3 is 0 Å². The van der Waals surface area contributed by atoms with E-state index in [4.69, 9.17) is 0 Å². The lowest BCUT2D eigenvalue weighted by atomic mass is 9.90. The average Bonchev–Trinajstić information content (AvgIpc) is 3.18. The van der Waals surface area contributed by atoms with Crippen LogP contribution in [0.1, 0.15) is 0 Å². The van der Waals surface area contributed by atoms with Gasteiger partial charge in [-0.2, -0.15) is 0 Å². The fourth-order valence-electron chi connectivity index (χ4n) is 7.90. The zero-order valence-corrected chi connectivity index (χ0v) is 28.6. The quantitative estimate of drug-likeness (QED) is 0.184. The van der Waals surface area contributed by atoms with Crippen molar-refractivity contribution in [2.45, 2.75) is 19.6 Å². The van der Waals surface area contributed by atoms with Gasteiger partial charge in [0, 0.05) is 30.4 Å². The number of fused-ring (bicyclic) bond motifs is 6. The van der Waals surface area contributed by atoms with E-state index in [-0.39, 0.29) is 0 Å². The third-order valence-electron chi connectivity index (χ3n) is 10.5. The maximum atomic E-state index is 2.38. The normalized spacial score (nSPS) is 12.6. The fraction of sp³-hybridized carbons (Fsp3) is 0. The molecule has 11 rings (SSSR count). The van der Waals surface area contributed by atoms with Gasteiger partial charge in [0.1, 0.15) is 0 Å². The summed E-state index contributed by atoms with van der Waals surface area (Å²) in [5.41, 5.74) is 12.8. The largest absolute Gasteiger partial charge is 0.0887 e. The molecule has 232 valence electrons. The lowest BCUT2D eigenvalue weighted by Gasteiger charge is -2.27. The Balaban J connectivity index is 0.944. The van der Waals surface area contributed by atoms with Gasteiger partial charge >= 0.3 is 0 Å². The van der Waals surface area contributed by atoms with Gasteiger partial charge in [0.2, 0.25) is 0 Å². The first-order valence-corrected chi connectivity index (χ1v) is 18.7. The Labute approximate surface area is 299 Å². The van der Waals surface area contributed by atoms with Crippen molar-refractivity contribution in [2.75, 3.05) is 0 Å². The van der Waals surface area contributed by atoms with Gasteiger partial charge in [0.15, 0.2) is 0 Å². The van der Waals surface area contributed by atoms with Crippen LogP contribution in [-0.4, -0.2) is 0 Å². The van der Waals surface area contributed by atoms with E-state index in [1.165, 1.54) is 108 Å². The average molecular weight is 669 g/mol. The summed E-state index contributed by atoms with van der Waals surface area (Å²) in [6.45, 7) is 0. The van der Waals surface area contributed by atoms with E-state index in [9.17, 15) is 0 Å². The summed E-state index contributed by atoms with van der Waals surface area (Å²) >= 11 is 3.82. The molecule has 0 amide bonds. The van der Waals surface area contributed by atoms with Crippen LogP contribution in [0.2, 0.25) is 0 Å². The molecule has 0 bridgehead atoms. The summed E-state index contributed by atoms with van der Waals surface area (Å²) < 4.78 is 0. The molecule has 0 radical (unpaired) electrons. The highest BCUT2D eigenvalue weighted by Crippen LogP contribution is 2.56. The minimum atomic E-state index is 1.24. The molecule has 9 aromatic carbocycles. The van der Waals surface area contributed by atoms with Gasteiger partial charge in [-0.1, -0.05) is 157 Å². The summed E-state index contributed by atoms with van der Waals surface area (Å²) in [7, 11) is 0. The van der Waals surface area contributed by atoms with Crippen molar-refractivity contribution in [1.82, 2.24) is 0 Å². The van der Waals surface area contributed by atoms with Crippen LogP contribution in [0.5, 0.6) is 0 Å². The Hall–Kier alpha value is -5.54.